The van der Waals surface area contributed by atoms with Gasteiger partial charge in [0.2, 0.25) is 0 Å². The first-order chi connectivity index (χ1) is 15.4. The van der Waals surface area contributed by atoms with Crippen molar-refractivity contribution in [1.82, 2.24) is 4.90 Å². The molecule has 0 fully saturated rings. The summed E-state index contributed by atoms with van der Waals surface area (Å²) in [5.41, 5.74) is 11.7. The molecule has 3 aliphatic rings. The van der Waals surface area contributed by atoms with Crippen LogP contribution < -0.4 is 20.9 Å². The van der Waals surface area contributed by atoms with Gasteiger partial charge in [-0.1, -0.05) is 32.1 Å². The molecule has 1 aromatic carbocycles. The average Bonchev–Trinajstić information content (AvgIpc) is 2.98. The molecule has 1 unspecified atom stereocenters. The predicted octanol–water partition coefficient (Wildman–Crippen LogP) is 1.53. The largest absolute Gasteiger partial charge is 0.493 e. The van der Waals surface area contributed by atoms with Crippen LogP contribution in [0.1, 0.15) is 37.8 Å². The SMILES string of the molecule is CC(C)C(N)C(=O)O.COc1ccc2c3c1O[C@H]1C[C@@H](O)C=C[C@@]31CCN(C)C2.NC(=O)O. The van der Waals surface area contributed by atoms with E-state index in [0.717, 1.165) is 31.0 Å². The van der Waals surface area contributed by atoms with Gasteiger partial charge in [-0.3, -0.25) is 4.79 Å². The summed E-state index contributed by atoms with van der Waals surface area (Å²) in [4.78, 5) is 21.1. The van der Waals surface area contributed by atoms with Crippen LogP contribution in [0.25, 0.3) is 0 Å². The van der Waals surface area contributed by atoms with Crippen molar-refractivity contribution in [2.75, 3.05) is 20.7 Å². The first kappa shape index (κ1) is 26.4. The topological polar surface area (TPSA) is 169 Å². The number of methoxy groups -OCH3 is 1. The number of carboxylic acids is 1. The number of nitrogens with two attached hydrogens (primary N) is 2. The van der Waals surface area contributed by atoms with Crippen LogP contribution in [0.4, 0.5) is 4.79 Å². The Morgan fingerprint density at radius 1 is 1.30 bits per heavy atom. The summed E-state index contributed by atoms with van der Waals surface area (Å²) in [7, 11) is 3.84. The van der Waals surface area contributed by atoms with Gasteiger partial charge in [-0.05, 0) is 37.6 Å². The number of aliphatic hydroxyl groups is 1. The third-order valence-electron chi connectivity index (χ3n) is 6.15. The lowest BCUT2D eigenvalue weighted by atomic mass is 9.69. The third kappa shape index (κ3) is 5.95. The van der Waals surface area contributed by atoms with Gasteiger partial charge in [0.05, 0.1) is 18.6 Å². The molecular weight excluding hydrogens is 430 g/mol. The molecule has 0 saturated heterocycles. The van der Waals surface area contributed by atoms with E-state index in [-0.39, 0.29) is 17.4 Å². The van der Waals surface area contributed by atoms with E-state index >= 15 is 0 Å². The molecule has 7 N–H and O–H groups in total. The van der Waals surface area contributed by atoms with Crippen molar-refractivity contribution in [3.63, 3.8) is 0 Å². The zero-order valence-corrected chi connectivity index (χ0v) is 19.5. The Morgan fingerprint density at radius 3 is 2.45 bits per heavy atom. The van der Waals surface area contributed by atoms with Gasteiger partial charge in [-0.25, -0.2) is 4.79 Å². The molecule has 0 bridgehead atoms. The summed E-state index contributed by atoms with van der Waals surface area (Å²) in [5, 5.41) is 25.4. The monoisotopic (exact) mass is 465 g/mol. The smallest absolute Gasteiger partial charge is 0.402 e. The Kier molecular flexibility index (Phi) is 8.70. The number of ether oxygens (including phenoxy) is 2. The number of primary amides is 1. The van der Waals surface area contributed by atoms with Crippen molar-refractivity contribution < 1.29 is 34.4 Å². The molecular formula is C23H35N3O7. The molecule has 0 radical (unpaired) electrons. The molecule has 33 heavy (non-hydrogen) atoms. The molecule has 1 amide bonds. The second-order valence-corrected chi connectivity index (χ2v) is 8.87. The van der Waals surface area contributed by atoms with Crippen molar-refractivity contribution in [3.05, 3.63) is 35.4 Å². The first-order valence-corrected chi connectivity index (χ1v) is 10.8. The van der Waals surface area contributed by atoms with Gasteiger partial charge < -0.3 is 41.2 Å². The summed E-state index contributed by atoms with van der Waals surface area (Å²) >= 11 is 0. The lowest BCUT2D eigenvalue weighted by Crippen LogP contribution is -2.42. The van der Waals surface area contributed by atoms with Crippen LogP contribution in [0.15, 0.2) is 24.3 Å². The number of rotatable bonds is 3. The molecule has 1 aromatic rings. The van der Waals surface area contributed by atoms with Crippen LogP contribution in [0.5, 0.6) is 11.5 Å². The summed E-state index contributed by atoms with van der Waals surface area (Å²) < 4.78 is 11.8. The second-order valence-electron chi connectivity index (χ2n) is 8.87. The molecule has 184 valence electrons. The maximum Gasteiger partial charge on any atom is 0.402 e. The van der Waals surface area contributed by atoms with Crippen molar-refractivity contribution in [1.29, 1.82) is 0 Å². The number of aliphatic hydroxyl groups excluding tert-OH is 1. The van der Waals surface area contributed by atoms with Crippen LogP contribution in [-0.4, -0.2) is 71.2 Å². The molecule has 0 aromatic heterocycles. The van der Waals surface area contributed by atoms with Crippen LogP contribution in [-0.2, 0) is 16.8 Å². The predicted molar refractivity (Wildman–Crippen MR) is 122 cm³/mol. The molecule has 4 atom stereocenters. The third-order valence-corrected chi connectivity index (χ3v) is 6.15. The summed E-state index contributed by atoms with van der Waals surface area (Å²) in [5.74, 6) is 0.775. The fraction of sp³-hybridized carbons (Fsp3) is 0.565. The molecule has 2 aliphatic heterocycles. The zero-order valence-electron chi connectivity index (χ0n) is 19.5. The molecule has 1 aliphatic carbocycles. The van der Waals surface area contributed by atoms with E-state index in [1.807, 2.05) is 12.1 Å². The first-order valence-electron chi connectivity index (χ1n) is 10.8. The highest BCUT2D eigenvalue weighted by atomic mass is 16.5. The van der Waals surface area contributed by atoms with E-state index in [1.165, 1.54) is 11.1 Å². The highest BCUT2D eigenvalue weighted by Gasteiger charge is 2.52. The summed E-state index contributed by atoms with van der Waals surface area (Å²) in [6.07, 6.45) is 4.05. The maximum absolute atomic E-state index is 10.0. The van der Waals surface area contributed by atoms with Crippen molar-refractivity contribution >= 4 is 12.1 Å². The number of hydrogen-bond donors (Lipinski definition) is 5. The van der Waals surface area contributed by atoms with Gasteiger partial charge in [0, 0.05) is 18.5 Å². The minimum Gasteiger partial charge on any atom is -0.493 e. The Labute approximate surface area is 193 Å². The van der Waals surface area contributed by atoms with E-state index in [1.54, 1.807) is 21.0 Å². The highest BCUT2D eigenvalue weighted by Crippen LogP contribution is 2.55. The molecule has 1 spiro atoms. The second kappa shape index (κ2) is 10.9. The van der Waals surface area contributed by atoms with Crippen LogP contribution >= 0.6 is 0 Å². The lowest BCUT2D eigenvalue weighted by Gasteiger charge is -2.35. The molecule has 0 saturated carbocycles. The molecule has 2 heterocycles. The fourth-order valence-electron chi connectivity index (χ4n) is 4.36. The fourth-order valence-corrected chi connectivity index (χ4v) is 4.36. The van der Waals surface area contributed by atoms with Crippen LogP contribution in [0.3, 0.4) is 0 Å². The lowest BCUT2D eigenvalue weighted by molar-refractivity contribution is -0.139. The van der Waals surface area contributed by atoms with Gasteiger partial charge in [0.15, 0.2) is 11.5 Å². The quantitative estimate of drug-likeness (QED) is 0.416. The number of carbonyl (C=O) groups is 2. The Morgan fingerprint density at radius 2 is 1.94 bits per heavy atom. The molecule has 10 nitrogen and oxygen atoms in total. The van der Waals surface area contributed by atoms with Gasteiger partial charge in [0.25, 0.3) is 0 Å². The van der Waals surface area contributed by atoms with Crippen molar-refractivity contribution in [2.45, 2.75) is 56.9 Å². The zero-order chi connectivity index (χ0) is 24.9. The average molecular weight is 466 g/mol. The van der Waals surface area contributed by atoms with Gasteiger partial charge in [0.1, 0.15) is 12.1 Å². The van der Waals surface area contributed by atoms with Gasteiger partial charge >= 0.3 is 12.1 Å². The van der Waals surface area contributed by atoms with E-state index in [9.17, 15) is 9.90 Å². The number of amides is 1. The van der Waals surface area contributed by atoms with Crippen molar-refractivity contribution in [3.8, 4) is 11.5 Å². The number of aliphatic carboxylic acids is 1. The van der Waals surface area contributed by atoms with Gasteiger partial charge in [-0.15, -0.1) is 0 Å². The van der Waals surface area contributed by atoms with E-state index in [4.69, 9.17) is 30.2 Å². The van der Waals surface area contributed by atoms with Crippen LogP contribution in [0, 0.1) is 5.92 Å². The minimum atomic E-state index is -1.33. The van der Waals surface area contributed by atoms with E-state index < -0.39 is 24.2 Å². The standard InChI is InChI=1S/C17H21NO3.C5H11NO2.CH3NO2/c1-18-8-7-17-6-5-12(19)9-14(17)21-16-13(20-2)4-3-11(10-18)15(16)17;1-3(2)4(6)5(7)8;2-1(3)4/h3-6,12,14,19H,7-10H2,1-2H3;3-4H,6H2,1-2H3,(H,7,8);2H2,(H,3,4)/t12-,14-,17-;;/m0../s1. The maximum atomic E-state index is 10.0. The minimum absolute atomic E-state index is 0.00838. The number of nitrogens with zero attached hydrogens (tertiary/aromatic N) is 1. The number of hydrogen-bond acceptors (Lipinski definition) is 7. The summed E-state index contributed by atoms with van der Waals surface area (Å²) in [6, 6.07) is 3.44. The van der Waals surface area contributed by atoms with Crippen molar-refractivity contribution in [2.24, 2.45) is 17.4 Å². The molecule has 4 rings (SSSR count). The van der Waals surface area contributed by atoms with E-state index in [0.29, 0.717) is 6.42 Å². The number of carboxylic acid groups (broad SMARTS) is 2. The van der Waals surface area contributed by atoms with Gasteiger partial charge in [-0.2, -0.15) is 0 Å². The van der Waals surface area contributed by atoms with E-state index in [2.05, 4.69) is 29.8 Å². The Balaban J connectivity index is 0.000000270. The molecule has 10 heteroatoms. The Bertz CT molecular complexity index is 885. The number of benzene rings is 1. The summed E-state index contributed by atoms with van der Waals surface area (Å²) in [6.45, 7) is 5.51. The van der Waals surface area contributed by atoms with Crippen LogP contribution in [0.2, 0.25) is 0 Å². The normalized spacial score (nSPS) is 25.7. The highest BCUT2D eigenvalue weighted by molar-refractivity contribution is 5.73. The Hall–Kier alpha value is -2.82.